The zero-order valence-corrected chi connectivity index (χ0v) is 21.4. The van der Waals surface area contributed by atoms with Crippen LogP contribution < -0.4 is 5.56 Å². The van der Waals surface area contributed by atoms with Crippen molar-refractivity contribution >= 4 is 24.1 Å². The van der Waals surface area contributed by atoms with Crippen molar-refractivity contribution in [1.82, 2.24) is 20.1 Å². The van der Waals surface area contributed by atoms with Crippen LogP contribution in [0.15, 0.2) is 28.2 Å². The van der Waals surface area contributed by atoms with Crippen LogP contribution >= 0.6 is 11.6 Å². The first-order valence-electron chi connectivity index (χ1n) is 12.1. The summed E-state index contributed by atoms with van der Waals surface area (Å²) in [4.78, 5) is 26.0. The number of benzene rings is 1. The van der Waals surface area contributed by atoms with Gasteiger partial charge in [-0.25, -0.2) is 5.10 Å². The topological polar surface area (TPSA) is 102 Å². The molecule has 0 amide bonds. The number of hydrazone groups is 1. The first-order valence-corrected chi connectivity index (χ1v) is 12.5. The molecule has 8 nitrogen and oxygen atoms in total. The van der Waals surface area contributed by atoms with Crippen LogP contribution in [0.3, 0.4) is 0 Å². The summed E-state index contributed by atoms with van der Waals surface area (Å²) < 4.78 is 0. The molecule has 188 valence electrons. The molecule has 35 heavy (non-hydrogen) atoms. The molecule has 2 fully saturated rings. The third-order valence-corrected chi connectivity index (χ3v) is 7.94. The van der Waals surface area contributed by atoms with Crippen LogP contribution in [0.1, 0.15) is 57.8 Å². The first-order chi connectivity index (χ1) is 16.8. The smallest absolute Gasteiger partial charge is 0.267 e. The number of rotatable bonds is 10. The van der Waals surface area contributed by atoms with Crippen LogP contribution in [0, 0.1) is 18.3 Å². The molecule has 9 heteroatoms. The summed E-state index contributed by atoms with van der Waals surface area (Å²) in [5, 5.41) is 23.1. The standard InChI is InChI=1S/C26H34ClN5O3/c1-17-18(11-28-30-25(17)35)5-4-8-32-15-26(16-32)9-19(10-26)22(13-33)20-6-7-24(27)23(14-34)21(20)12-29-31(2)3/h6-7,11-12,14,19,22,33H,4-5,8-10,13,15-16H2,1-3H3,(H,30,35)/b29-12-. The lowest BCUT2D eigenvalue weighted by atomic mass is 9.54. The number of H-pyrrole nitrogens is 1. The third-order valence-electron chi connectivity index (χ3n) is 7.61. The van der Waals surface area contributed by atoms with Crippen molar-refractivity contribution in [2.75, 3.05) is 40.3 Å². The number of hydrogen-bond acceptors (Lipinski definition) is 7. The van der Waals surface area contributed by atoms with Gasteiger partial charge in [0.15, 0.2) is 6.29 Å². The van der Waals surface area contributed by atoms with Gasteiger partial charge in [0.2, 0.25) is 0 Å². The Bertz CT molecular complexity index is 1150. The average molecular weight is 500 g/mol. The van der Waals surface area contributed by atoms with E-state index in [1.807, 2.05) is 27.1 Å². The summed E-state index contributed by atoms with van der Waals surface area (Å²) in [6, 6.07) is 3.67. The molecule has 2 aliphatic rings. The average Bonchev–Trinajstić information content (AvgIpc) is 2.77. The van der Waals surface area contributed by atoms with Gasteiger partial charge in [-0.1, -0.05) is 17.7 Å². The van der Waals surface area contributed by atoms with E-state index in [-0.39, 0.29) is 18.1 Å². The molecule has 2 N–H and O–H groups in total. The first kappa shape index (κ1) is 25.5. The fourth-order valence-corrected chi connectivity index (χ4v) is 5.99. The van der Waals surface area contributed by atoms with Gasteiger partial charge >= 0.3 is 0 Å². The molecule has 1 aromatic carbocycles. The zero-order valence-electron chi connectivity index (χ0n) is 20.6. The van der Waals surface area contributed by atoms with Crippen molar-refractivity contribution in [2.45, 2.75) is 38.5 Å². The minimum absolute atomic E-state index is 0.0246. The van der Waals surface area contributed by atoms with Gasteiger partial charge in [0, 0.05) is 49.8 Å². The molecule has 2 aromatic rings. The number of hydrogen-bond donors (Lipinski definition) is 2. The Morgan fingerprint density at radius 2 is 2.09 bits per heavy atom. The molecule has 1 saturated carbocycles. The maximum Gasteiger partial charge on any atom is 0.267 e. The van der Waals surface area contributed by atoms with Crippen LogP contribution in [0.5, 0.6) is 0 Å². The lowest BCUT2D eigenvalue weighted by Crippen LogP contribution is -2.63. The van der Waals surface area contributed by atoms with E-state index in [0.717, 1.165) is 68.3 Å². The minimum atomic E-state index is -0.110. The van der Waals surface area contributed by atoms with E-state index in [0.29, 0.717) is 27.5 Å². The summed E-state index contributed by atoms with van der Waals surface area (Å²) in [6.07, 6.45) is 8.18. The second-order valence-electron chi connectivity index (χ2n) is 10.3. The molecule has 1 aliphatic carbocycles. The van der Waals surface area contributed by atoms with Crippen LogP contribution in [0.2, 0.25) is 5.02 Å². The Morgan fingerprint density at radius 1 is 1.34 bits per heavy atom. The summed E-state index contributed by atoms with van der Waals surface area (Å²) in [7, 11) is 3.64. The van der Waals surface area contributed by atoms with Gasteiger partial charge in [-0.2, -0.15) is 10.2 Å². The van der Waals surface area contributed by atoms with Gasteiger partial charge in [-0.05, 0) is 67.7 Å². The van der Waals surface area contributed by atoms with E-state index < -0.39 is 0 Å². The SMILES string of the molecule is Cc1c(CCCN2CC3(CC(C(CO)c4ccc(Cl)c(C=O)c4/C=N\N(C)C)C3)C2)cn[nH]c1=O. The third kappa shape index (κ3) is 5.34. The maximum atomic E-state index is 11.8. The maximum absolute atomic E-state index is 11.8. The Hall–Kier alpha value is -2.55. The molecule has 1 aliphatic heterocycles. The predicted octanol–water partition coefficient (Wildman–Crippen LogP) is 2.86. The molecule has 1 spiro atoms. The van der Waals surface area contributed by atoms with Gasteiger partial charge in [0.25, 0.3) is 5.56 Å². The summed E-state index contributed by atoms with van der Waals surface area (Å²) in [6.45, 7) is 5.02. The van der Waals surface area contributed by atoms with Crippen molar-refractivity contribution in [3.8, 4) is 0 Å². The van der Waals surface area contributed by atoms with Gasteiger partial charge < -0.3 is 15.0 Å². The van der Waals surface area contributed by atoms with Crippen LogP contribution in [-0.2, 0) is 6.42 Å². The molecule has 0 bridgehead atoms. The van der Waals surface area contributed by atoms with Crippen LogP contribution in [-0.4, -0.2) is 78.0 Å². The Morgan fingerprint density at radius 3 is 2.74 bits per heavy atom. The molecule has 4 rings (SSSR count). The van der Waals surface area contributed by atoms with Crippen molar-refractivity contribution in [3.63, 3.8) is 0 Å². The molecule has 0 radical (unpaired) electrons. The number of aromatic nitrogens is 2. The second-order valence-corrected chi connectivity index (χ2v) is 10.7. The fraction of sp³-hybridized carbons (Fsp3) is 0.538. The molecule has 1 aromatic heterocycles. The summed E-state index contributed by atoms with van der Waals surface area (Å²) in [5.41, 5.74) is 4.04. The molecule has 2 heterocycles. The number of nitrogens with one attached hydrogen (secondary N) is 1. The van der Waals surface area contributed by atoms with Gasteiger partial charge in [0.05, 0.1) is 24.0 Å². The van der Waals surface area contributed by atoms with E-state index in [1.165, 1.54) is 0 Å². The Balaban J connectivity index is 1.35. The lowest BCUT2D eigenvalue weighted by molar-refractivity contribution is -0.104. The van der Waals surface area contributed by atoms with E-state index >= 15 is 0 Å². The number of aliphatic hydroxyl groups is 1. The van der Waals surface area contributed by atoms with Crippen molar-refractivity contribution in [2.24, 2.45) is 16.4 Å². The largest absolute Gasteiger partial charge is 0.396 e. The van der Waals surface area contributed by atoms with Crippen molar-refractivity contribution < 1.29 is 9.90 Å². The monoisotopic (exact) mass is 499 g/mol. The quantitative estimate of drug-likeness (QED) is 0.296. The predicted molar refractivity (Wildman–Crippen MR) is 137 cm³/mol. The molecular weight excluding hydrogens is 466 g/mol. The number of carbonyl (C=O) groups excluding carboxylic acids is 1. The van der Waals surface area contributed by atoms with Gasteiger partial charge in [-0.3, -0.25) is 9.59 Å². The van der Waals surface area contributed by atoms with Crippen molar-refractivity contribution in [1.29, 1.82) is 0 Å². The minimum Gasteiger partial charge on any atom is -0.396 e. The van der Waals surface area contributed by atoms with E-state index in [9.17, 15) is 14.7 Å². The highest BCUT2D eigenvalue weighted by Gasteiger charge is 2.53. The van der Waals surface area contributed by atoms with E-state index in [1.54, 1.807) is 23.5 Å². The summed E-state index contributed by atoms with van der Waals surface area (Å²) >= 11 is 6.29. The highest BCUT2D eigenvalue weighted by atomic mass is 35.5. The van der Waals surface area contributed by atoms with Gasteiger partial charge in [-0.15, -0.1) is 0 Å². The van der Waals surface area contributed by atoms with Gasteiger partial charge in [0.1, 0.15) is 0 Å². The highest BCUT2D eigenvalue weighted by Crippen LogP contribution is 2.56. The Kier molecular flexibility index (Phi) is 7.73. The zero-order chi connectivity index (χ0) is 25.2. The van der Waals surface area contributed by atoms with Crippen LogP contribution in [0.4, 0.5) is 0 Å². The highest BCUT2D eigenvalue weighted by molar-refractivity contribution is 6.33. The number of halogens is 1. The normalized spacial score (nSPS) is 18.4. The Labute approximate surface area is 211 Å². The second kappa shape index (κ2) is 10.6. The van der Waals surface area contributed by atoms with Crippen molar-refractivity contribution in [3.05, 3.63) is 61.5 Å². The number of aromatic amines is 1. The van der Waals surface area contributed by atoms with E-state index in [4.69, 9.17) is 11.6 Å². The lowest BCUT2D eigenvalue weighted by Gasteiger charge is -2.61. The molecule has 1 saturated heterocycles. The fourth-order valence-electron chi connectivity index (χ4n) is 5.78. The molecule has 1 unspecified atom stereocenters. The number of likely N-dealkylation sites (tertiary alicyclic amines) is 1. The number of nitrogens with zero attached hydrogens (tertiary/aromatic N) is 4. The van der Waals surface area contributed by atoms with E-state index in [2.05, 4.69) is 20.2 Å². The molecular formula is C26H34ClN5O3. The van der Waals surface area contributed by atoms with Crippen LogP contribution in [0.25, 0.3) is 0 Å². The molecule has 1 atom stereocenters. The number of aldehydes is 1. The number of aryl methyl sites for hydroxylation is 1. The summed E-state index contributed by atoms with van der Waals surface area (Å²) in [5.74, 6) is 0.306. The number of carbonyl (C=O) groups is 1. The number of aliphatic hydroxyl groups excluding tert-OH is 1.